The van der Waals surface area contributed by atoms with Gasteiger partial charge in [-0.05, 0) is 19.3 Å². The maximum Gasteiger partial charge on any atom is 0.0367 e. The van der Waals surface area contributed by atoms with Crippen molar-refractivity contribution in [3.63, 3.8) is 0 Å². The molecule has 1 saturated carbocycles. The van der Waals surface area contributed by atoms with Crippen LogP contribution in [0.4, 0.5) is 0 Å². The molecule has 1 fully saturated rings. The monoisotopic (exact) mass is 153 g/mol. The van der Waals surface area contributed by atoms with Crippen LogP contribution >= 0.6 is 0 Å². The van der Waals surface area contributed by atoms with E-state index in [1.54, 1.807) is 0 Å². The molecule has 0 aliphatic heterocycles. The van der Waals surface area contributed by atoms with Crippen molar-refractivity contribution in [3.05, 3.63) is 12.2 Å². The molecule has 1 rings (SSSR count). The normalized spacial score (nSPS) is 21.5. The molecule has 0 unspecified atom stereocenters. The third-order valence-corrected chi connectivity index (χ3v) is 2.04. The van der Waals surface area contributed by atoms with E-state index in [2.05, 4.69) is 38.2 Å². The van der Waals surface area contributed by atoms with Gasteiger partial charge in [0.15, 0.2) is 0 Å². The Balaban J connectivity index is 2.35. The summed E-state index contributed by atoms with van der Waals surface area (Å²) in [6.07, 6.45) is 8.40. The first-order valence-electron chi connectivity index (χ1n) is 4.64. The van der Waals surface area contributed by atoms with Gasteiger partial charge in [-0.25, -0.2) is 0 Å². The zero-order chi connectivity index (χ0) is 8.32. The first kappa shape index (κ1) is 8.79. The van der Waals surface area contributed by atoms with E-state index in [0.29, 0.717) is 11.6 Å². The average Bonchev–Trinajstić information content (AvgIpc) is 2.64. The summed E-state index contributed by atoms with van der Waals surface area (Å²) >= 11 is 0. The van der Waals surface area contributed by atoms with Crippen LogP contribution in [-0.2, 0) is 0 Å². The summed E-state index contributed by atoms with van der Waals surface area (Å²) in [6, 6.07) is 0.610. The Kier molecular flexibility index (Phi) is 2.72. The minimum absolute atomic E-state index is 0.393. The van der Waals surface area contributed by atoms with Gasteiger partial charge in [0.25, 0.3) is 0 Å². The summed E-state index contributed by atoms with van der Waals surface area (Å²) in [5, 5.41) is 3.58. The highest BCUT2D eigenvalue weighted by atomic mass is 15.0. The predicted octanol–water partition coefficient (Wildman–Crippen LogP) is 2.48. The second-order valence-electron chi connectivity index (χ2n) is 3.77. The molecule has 0 atom stereocenters. The second kappa shape index (κ2) is 3.40. The molecule has 0 spiro atoms. The van der Waals surface area contributed by atoms with Crippen LogP contribution in [0, 0.1) is 0 Å². The molecule has 0 aromatic carbocycles. The van der Waals surface area contributed by atoms with E-state index in [9.17, 15) is 0 Å². The lowest BCUT2D eigenvalue weighted by Gasteiger charge is -2.15. The van der Waals surface area contributed by atoms with Crippen LogP contribution in [0.15, 0.2) is 12.2 Å². The molecule has 0 aromatic rings. The van der Waals surface area contributed by atoms with Gasteiger partial charge in [0.05, 0.1) is 0 Å². The van der Waals surface area contributed by atoms with Crippen molar-refractivity contribution in [1.82, 2.24) is 5.32 Å². The Morgan fingerprint density at radius 1 is 1.45 bits per heavy atom. The zero-order valence-electron chi connectivity index (χ0n) is 7.85. The zero-order valence-corrected chi connectivity index (χ0v) is 7.85. The summed E-state index contributed by atoms with van der Waals surface area (Å²) in [5.74, 6) is 0. The lowest BCUT2D eigenvalue weighted by Crippen LogP contribution is -2.34. The van der Waals surface area contributed by atoms with Crippen molar-refractivity contribution in [2.75, 3.05) is 0 Å². The van der Waals surface area contributed by atoms with Crippen LogP contribution < -0.4 is 5.32 Å². The fourth-order valence-corrected chi connectivity index (χ4v) is 1.41. The number of hydrogen-bond donors (Lipinski definition) is 1. The topological polar surface area (TPSA) is 12.0 Å². The molecule has 1 nitrogen and oxygen atoms in total. The minimum Gasteiger partial charge on any atom is -0.306 e. The molecular formula is C10H19N. The Bertz CT molecular complexity index is 143. The summed E-state index contributed by atoms with van der Waals surface area (Å²) in [6.45, 7) is 6.60. The van der Waals surface area contributed by atoms with Gasteiger partial charge >= 0.3 is 0 Å². The number of allylic oxidation sites excluding steroid dienone is 1. The van der Waals surface area contributed by atoms with Gasteiger partial charge < -0.3 is 5.32 Å². The van der Waals surface area contributed by atoms with Crippen molar-refractivity contribution in [3.8, 4) is 0 Å². The Hall–Kier alpha value is -0.300. The van der Waals surface area contributed by atoms with Gasteiger partial charge in [-0.2, -0.15) is 0 Å². The smallest absolute Gasteiger partial charge is 0.0367 e. The van der Waals surface area contributed by atoms with Crippen LogP contribution in [0.5, 0.6) is 0 Å². The molecule has 0 heterocycles. The fraction of sp³-hybridized carbons (Fsp3) is 0.800. The summed E-state index contributed by atoms with van der Waals surface area (Å²) in [4.78, 5) is 0. The molecule has 11 heavy (non-hydrogen) atoms. The summed E-state index contributed by atoms with van der Waals surface area (Å²) < 4.78 is 0. The van der Waals surface area contributed by atoms with E-state index < -0.39 is 0 Å². The Morgan fingerprint density at radius 2 is 2.09 bits per heavy atom. The highest BCUT2D eigenvalue weighted by molar-refractivity contribution is 5.17. The van der Waals surface area contributed by atoms with Gasteiger partial charge in [0.1, 0.15) is 0 Å². The van der Waals surface area contributed by atoms with Crippen LogP contribution in [0.25, 0.3) is 0 Å². The SMILES string of the molecule is CC/C=C\C1(NC(C)C)CC1. The van der Waals surface area contributed by atoms with E-state index in [1.807, 2.05) is 0 Å². The summed E-state index contributed by atoms with van der Waals surface area (Å²) in [5.41, 5.74) is 0.393. The van der Waals surface area contributed by atoms with Crippen molar-refractivity contribution < 1.29 is 0 Å². The Morgan fingerprint density at radius 3 is 2.45 bits per heavy atom. The molecule has 1 aliphatic rings. The summed E-state index contributed by atoms with van der Waals surface area (Å²) in [7, 11) is 0. The van der Waals surface area contributed by atoms with Gasteiger partial charge in [0, 0.05) is 11.6 Å². The van der Waals surface area contributed by atoms with E-state index in [-0.39, 0.29) is 0 Å². The second-order valence-corrected chi connectivity index (χ2v) is 3.77. The van der Waals surface area contributed by atoms with Gasteiger partial charge in [0.2, 0.25) is 0 Å². The predicted molar refractivity (Wildman–Crippen MR) is 49.7 cm³/mol. The van der Waals surface area contributed by atoms with Crippen LogP contribution in [0.3, 0.4) is 0 Å². The lowest BCUT2D eigenvalue weighted by atomic mass is 10.2. The largest absolute Gasteiger partial charge is 0.306 e. The first-order valence-corrected chi connectivity index (χ1v) is 4.64. The molecule has 0 bridgehead atoms. The van der Waals surface area contributed by atoms with Crippen molar-refractivity contribution in [1.29, 1.82) is 0 Å². The first-order chi connectivity index (χ1) is 5.18. The molecule has 1 aliphatic carbocycles. The van der Waals surface area contributed by atoms with Gasteiger partial charge in [-0.15, -0.1) is 0 Å². The standard InChI is InChI=1S/C10H19N/c1-4-5-6-10(7-8-10)11-9(2)3/h5-6,9,11H,4,7-8H2,1-3H3/b6-5-. The van der Waals surface area contributed by atoms with E-state index >= 15 is 0 Å². The quantitative estimate of drug-likeness (QED) is 0.612. The molecular weight excluding hydrogens is 134 g/mol. The van der Waals surface area contributed by atoms with Crippen molar-refractivity contribution in [2.45, 2.75) is 51.6 Å². The minimum atomic E-state index is 0.393. The van der Waals surface area contributed by atoms with Gasteiger partial charge in [-0.1, -0.05) is 32.9 Å². The third-order valence-electron chi connectivity index (χ3n) is 2.04. The van der Waals surface area contributed by atoms with Crippen molar-refractivity contribution >= 4 is 0 Å². The van der Waals surface area contributed by atoms with E-state index in [1.165, 1.54) is 12.8 Å². The highest BCUT2D eigenvalue weighted by Crippen LogP contribution is 2.37. The lowest BCUT2D eigenvalue weighted by molar-refractivity contribution is 0.513. The number of rotatable bonds is 4. The van der Waals surface area contributed by atoms with Crippen LogP contribution in [0.2, 0.25) is 0 Å². The van der Waals surface area contributed by atoms with E-state index in [0.717, 1.165) is 6.42 Å². The average molecular weight is 153 g/mol. The maximum absolute atomic E-state index is 3.58. The highest BCUT2D eigenvalue weighted by Gasteiger charge is 2.39. The van der Waals surface area contributed by atoms with Crippen molar-refractivity contribution in [2.24, 2.45) is 0 Å². The Labute approximate surface area is 69.9 Å². The van der Waals surface area contributed by atoms with Crippen LogP contribution in [-0.4, -0.2) is 11.6 Å². The maximum atomic E-state index is 3.58. The molecule has 0 radical (unpaired) electrons. The molecule has 64 valence electrons. The fourth-order valence-electron chi connectivity index (χ4n) is 1.41. The van der Waals surface area contributed by atoms with Crippen LogP contribution in [0.1, 0.15) is 40.0 Å². The molecule has 0 saturated heterocycles. The molecule has 0 amide bonds. The third kappa shape index (κ3) is 2.66. The van der Waals surface area contributed by atoms with E-state index in [4.69, 9.17) is 0 Å². The molecule has 0 aromatic heterocycles. The number of nitrogens with one attached hydrogen (secondary N) is 1. The number of hydrogen-bond acceptors (Lipinski definition) is 1. The molecule has 1 heteroatoms. The van der Waals surface area contributed by atoms with Gasteiger partial charge in [-0.3, -0.25) is 0 Å². The molecule has 1 N–H and O–H groups in total.